The molecule has 0 bridgehead atoms. The number of hydrogen-bond donors (Lipinski definition) is 1. The number of hydrogen-bond acceptors (Lipinski definition) is 3. The van der Waals surface area contributed by atoms with Gasteiger partial charge in [-0.2, -0.15) is 0 Å². The molecule has 2 rings (SSSR count). The smallest absolute Gasteiger partial charge is 0.0630 e. The van der Waals surface area contributed by atoms with E-state index in [9.17, 15) is 0 Å². The summed E-state index contributed by atoms with van der Waals surface area (Å²) in [5, 5.41) is 0. The van der Waals surface area contributed by atoms with E-state index < -0.39 is 0 Å². The maximum absolute atomic E-state index is 6.03. The molecule has 0 aliphatic carbocycles. The molecule has 3 heteroatoms. The van der Waals surface area contributed by atoms with E-state index in [1.54, 1.807) is 0 Å². The number of nitrogen functional groups attached to an aromatic ring is 1. The third-order valence-corrected chi connectivity index (χ3v) is 3.09. The van der Waals surface area contributed by atoms with Crippen LogP contribution in [0, 0.1) is 6.92 Å². The first-order valence-electron chi connectivity index (χ1n) is 5.47. The van der Waals surface area contributed by atoms with Gasteiger partial charge in [0.1, 0.15) is 0 Å². The minimum Gasteiger partial charge on any atom is -0.397 e. The van der Waals surface area contributed by atoms with Crippen LogP contribution < -0.4 is 10.6 Å². The number of rotatable bonds is 1. The molecular formula is C12H19N3. The van der Waals surface area contributed by atoms with Crippen LogP contribution in [0.3, 0.4) is 0 Å². The van der Waals surface area contributed by atoms with Gasteiger partial charge in [-0.05, 0) is 25.6 Å². The van der Waals surface area contributed by atoms with Gasteiger partial charge in [0.2, 0.25) is 0 Å². The summed E-state index contributed by atoms with van der Waals surface area (Å²) in [7, 11) is 2.17. The Morgan fingerprint density at radius 2 is 1.80 bits per heavy atom. The van der Waals surface area contributed by atoms with E-state index in [0.717, 1.165) is 31.9 Å². The molecule has 0 atom stereocenters. The van der Waals surface area contributed by atoms with E-state index >= 15 is 0 Å². The van der Waals surface area contributed by atoms with Gasteiger partial charge in [0.05, 0.1) is 11.4 Å². The van der Waals surface area contributed by atoms with E-state index in [1.807, 2.05) is 12.1 Å². The van der Waals surface area contributed by atoms with Crippen molar-refractivity contribution >= 4 is 11.4 Å². The molecule has 0 spiro atoms. The van der Waals surface area contributed by atoms with Crippen molar-refractivity contribution in [2.45, 2.75) is 6.92 Å². The highest BCUT2D eigenvalue weighted by Gasteiger charge is 2.17. The molecule has 1 saturated heterocycles. The average Bonchev–Trinajstić information content (AvgIpc) is 2.20. The zero-order valence-electron chi connectivity index (χ0n) is 9.53. The Morgan fingerprint density at radius 1 is 1.13 bits per heavy atom. The molecule has 0 aromatic heterocycles. The van der Waals surface area contributed by atoms with Crippen molar-refractivity contribution in [2.75, 3.05) is 43.9 Å². The normalized spacial score (nSPS) is 18.1. The first-order chi connectivity index (χ1) is 7.18. The fraction of sp³-hybridized carbons (Fsp3) is 0.500. The third-order valence-electron chi connectivity index (χ3n) is 3.09. The first-order valence-corrected chi connectivity index (χ1v) is 5.47. The van der Waals surface area contributed by atoms with Gasteiger partial charge < -0.3 is 15.5 Å². The van der Waals surface area contributed by atoms with Gasteiger partial charge in [-0.3, -0.25) is 0 Å². The minimum atomic E-state index is 0.902. The molecule has 82 valence electrons. The highest BCUT2D eigenvalue weighted by Crippen LogP contribution is 2.27. The van der Waals surface area contributed by atoms with E-state index in [2.05, 4.69) is 29.8 Å². The monoisotopic (exact) mass is 205 g/mol. The lowest BCUT2D eigenvalue weighted by atomic mass is 10.1. The molecule has 1 heterocycles. The summed E-state index contributed by atoms with van der Waals surface area (Å²) < 4.78 is 0. The van der Waals surface area contributed by atoms with E-state index in [0.29, 0.717) is 0 Å². The molecule has 0 unspecified atom stereocenters. The molecule has 1 aliphatic heterocycles. The predicted octanol–water partition coefficient (Wildman–Crippen LogP) is 1.33. The van der Waals surface area contributed by atoms with Gasteiger partial charge in [0, 0.05) is 26.2 Å². The van der Waals surface area contributed by atoms with Crippen molar-refractivity contribution < 1.29 is 0 Å². The van der Waals surface area contributed by atoms with E-state index in [1.165, 1.54) is 11.3 Å². The van der Waals surface area contributed by atoms with Crippen molar-refractivity contribution in [2.24, 2.45) is 0 Å². The van der Waals surface area contributed by atoms with Crippen molar-refractivity contribution in [1.82, 2.24) is 4.90 Å². The second-order valence-corrected chi connectivity index (χ2v) is 4.30. The van der Waals surface area contributed by atoms with Crippen LogP contribution in [-0.4, -0.2) is 38.1 Å². The number of aryl methyl sites for hydroxylation is 1. The summed E-state index contributed by atoms with van der Waals surface area (Å²) in [5.41, 5.74) is 9.44. The van der Waals surface area contributed by atoms with Crippen LogP contribution in [0.1, 0.15) is 5.56 Å². The summed E-state index contributed by atoms with van der Waals surface area (Å²) in [4.78, 5) is 4.75. The van der Waals surface area contributed by atoms with Crippen molar-refractivity contribution in [3.05, 3.63) is 23.8 Å². The molecule has 0 radical (unpaired) electrons. The average molecular weight is 205 g/mol. The minimum absolute atomic E-state index is 0.902. The molecule has 1 fully saturated rings. The quantitative estimate of drug-likeness (QED) is 0.702. The largest absolute Gasteiger partial charge is 0.397 e. The highest BCUT2D eigenvalue weighted by atomic mass is 15.3. The molecule has 2 N–H and O–H groups in total. The Balaban J connectivity index is 2.22. The molecule has 0 amide bonds. The Bertz CT molecular complexity index is 320. The van der Waals surface area contributed by atoms with Gasteiger partial charge in [0.15, 0.2) is 0 Å². The third kappa shape index (κ3) is 2.07. The lowest BCUT2D eigenvalue weighted by Gasteiger charge is -2.35. The number of piperazine rings is 1. The molecule has 15 heavy (non-hydrogen) atoms. The van der Waals surface area contributed by atoms with Crippen molar-refractivity contribution in [3.8, 4) is 0 Å². The van der Waals surface area contributed by atoms with Crippen LogP contribution in [0.5, 0.6) is 0 Å². The Labute approximate surface area is 91.5 Å². The molecular weight excluding hydrogens is 186 g/mol. The summed E-state index contributed by atoms with van der Waals surface area (Å²) in [6.07, 6.45) is 0. The molecule has 1 aliphatic rings. The predicted molar refractivity (Wildman–Crippen MR) is 65.3 cm³/mol. The fourth-order valence-electron chi connectivity index (χ4n) is 2.14. The van der Waals surface area contributed by atoms with Crippen LogP contribution in [0.15, 0.2) is 18.2 Å². The number of anilines is 2. The molecule has 1 aromatic rings. The zero-order chi connectivity index (χ0) is 10.8. The SMILES string of the molecule is Cc1cccc(N)c1N1CCN(C)CC1. The van der Waals surface area contributed by atoms with Gasteiger partial charge in [0.25, 0.3) is 0 Å². The number of benzene rings is 1. The Hall–Kier alpha value is -1.22. The summed E-state index contributed by atoms with van der Waals surface area (Å²) in [6.45, 7) is 6.52. The molecule has 3 nitrogen and oxygen atoms in total. The van der Waals surface area contributed by atoms with Crippen LogP contribution in [0.4, 0.5) is 11.4 Å². The highest BCUT2D eigenvalue weighted by molar-refractivity contribution is 5.71. The Morgan fingerprint density at radius 3 is 2.40 bits per heavy atom. The molecule has 0 saturated carbocycles. The topological polar surface area (TPSA) is 32.5 Å². The molecule has 1 aromatic carbocycles. The first kappa shape index (κ1) is 10.3. The Kier molecular flexibility index (Phi) is 2.82. The maximum Gasteiger partial charge on any atom is 0.0630 e. The van der Waals surface area contributed by atoms with E-state index in [-0.39, 0.29) is 0 Å². The second kappa shape index (κ2) is 4.11. The number of nitrogens with two attached hydrogens (primary N) is 1. The maximum atomic E-state index is 6.03. The standard InChI is InChI=1S/C12H19N3/c1-10-4-3-5-11(13)12(10)15-8-6-14(2)7-9-15/h3-5H,6-9,13H2,1-2H3. The second-order valence-electron chi connectivity index (χ2n) is 4.30. The van der Waals surface area contributed by atoms with Crippen LogP contribution >= 0.6 is 0 Å². The van der Waals surface area contributed by atoms with Crippen molar-refractivity contribution in [3.63, 3.8) is 0 Å². The number of para-hydroxylation sites is 1. The van der Waals surface area contributed by atoms with Crippen LogP contribution in [-0.2, 0) is 0 Å². The lowest BCUT2D eigenvalue weighted by molar-refractivity contribution is 0.313. The number of likely N-dealkylation sites (N-methyl/N-ethyl adjacent to an activating group) is 1. The van der Waals surface area contributed by atoms with E-state index in [4.69, 9.17) is 5.73 Å². The summed E-state index contributed by atoms with van der Waals surface area (Å²) >= 11 is 0. The van der Waals surface area contributed by atoms with Gasteiger partial charge >= 0.3 is 0 Å². The lowest BCUT2D eigenvalue weighted by Crippen LogP contribution is -2.45. The van der Waals surface area contributed by atoms with Gasteiger partial charge in [-0.1, -0.05) is 12.1 Å². The summed E-state index contributed by atoms with van der Waals surface area (Å²) in [6, 6.07) is 6.13. The number of nitrogens with zero attached hydrogens (tertiary/aromatic N) is 2. The zero-order valence-corrected chi connectivity index (χ0v) is 9.53. The van der Waals surface area contributed by atoms with Gasteiger partial charge in [-0.25, -0.2) is 0 Å². The summed E-state index contributed by atoms with van der Waals surface area (Å²) in [5.74, 6) is 0. The van der Waals surface area contributed by atoms with Crippen LogP contribution in [0.25, 0.3) is 0 Å². The van der Waals surface area contributed by atoms with Crippen molar-refractivity contribution in [1.29, 1.82) is 0 Å². The fourth-order valence-corrected chi connectivity index (χ4v) is 2.14. The van der Waals surface area contributed by atoms with Gasteiger partial charge in [-0.15, -0.1) is 0 Å². The van der Waals surface area contributed by atoms with Crippen LogP contribution in [0.2, 0.25) is 0 Å².